The normalized spacial score (nSPS) is 12.4. The van der Waals surface area contributed by atoms with Crippen molar-refractivity contribution in [1.82, 2.24) is 15.1 Å². The minimum atomic E-state index is 0.0641. The fourth-order valence-corrected chi connectivity index (χ4v) is 2.58. The van der Waals surface area contributed by atoms with E-state index in [0.29, 0.717) is 0 Å². The van der Waals surface area contributed by atoms with Gasteiger partial charge in [0.25, 0.3) is 0 Å². The molecule has 1 unspecified atom stereocenters. The van der Waals surface area contributed by atoms with Crippen molar-refractivity contribution in [3.63, 3.8) is 0 Å². The Kier molecular flexibility index (Phi) is 4.83. The highest BCUT2D eigenvalue weighted by Crippen LogP contribution is 2.31. The van der Waals surface area contributed by atoms with E-state index in [1.807, 2.05) is 11.7 Å². The average molecular weight is 338 g/mol. The second-order valence-corrected chi connectivity index (χ2v) is 5.58. The lowest BCUT2D eigenvalue weighted by atomic mass is 10.0. The highest BCUT2D eigenvalue weighted by atomic mass is 79.9. The molecule has 2 rings (SSSR count). The Labute approximate surface area is 128 Å². The van der Waals surface area contributed by atoms with Crippen molar-refractivity contribution in [2.75, 3.05) is 13.7 Å². The van der Waals surface area contributed by atoms with E-state index in [-0.39, 0.29) is 6.04 Å². The summed E-state index contributed by atoms with van der Waals surface area (Å²) >= 11 is 3.55. The molecular weight excluding hydrogens is 318 g/mol. The zero-order valence-electron chi connectivity index (χ0n) is 12.3. The zero-order chi connectivity index (χ0) is 14.7. The average Bonchev–Trinajstić information content (AvgIpc) is 2.80. The smallest absolute Gasteiger partial charge is 0.161 e. The Bertz CT molecular complexity index is 595. The lowest BCUT2D eigenvalue weighted by molar-refractivity contribution is 0.401. The minimum Gasteiger partial charge on any atom is -0.493 e. The monoisotopic (exact) mass is 337 g/mol. The quantitative estimate of drug-likeness (QED) is 0.910. The van der Waals surface area contributed by atoms with E-state index in [1.54, 1.807) is 13.3 Å². The van der Waals surface area contributed by atoms with E-state index in [9.17, 15) is 0 Å². The largest absolute Gasteiger partial charge is 0.493 e. The van der Waals surface area contributed by atoms with E-state index >= 15 is 0 Å². The second kappa shape index (κ2) is 6.41. The van der Waals surface area contributed by atoms with Crippen LogP contribution in [0.1, 0.15) is 29.8 Å². The fourth-order valence-electron chi connectivity index (χ4n) is 2.34. The zero-order valence-corrected chi connectivity index (χ0v) is 13.9. The first-order chi connectivity index (χ1) is 9.58. The number of hydrogen-bond donors (Lipinski definition) is 1. The van der Waals surface area contributed by atoms with Crippen molar-refractivity contribution in [2.24, 2.45) is 7.05 Å². The van der Waals surface area contributed by atoms with Crippen molar-refractivity contribution in [3.05, 3.63) is 45.7 Å². The van der Waals surface area contributed by atoms with Crippen LogP contribution in [0.25, 0.3) is 0 Å². The summed E-state index contributed by atoms with van der Waals surface area (Å²) < 4.78 is 8.42. The number of hydrogen-bond acceptors (Lipinski definition) is 3. The van der Waals surface area contributed by atoms with Crippen LogP contribution < -0.4 is 10.1 Å². The molecule has 1 heterocycles. The summed E-state index contributed by atoms with van der Waals surface area (Å²) in [6.45, 7) is 5.06. The molecule has 0 spiro atoms. The highest BCUT2D eigenvalue weighted by Gasteiger charge is 2.22. The summed E-state index contributed by atoms with van der Waals surface area (Å²) in [5.74, 6) is 0.805. The van der Waals surface area contributed by atoms with E-state index in [0.717, 1.165) is 22.5 Å². The van der Waals surface area contributed by atoms with Crippen LogP contribution in [-0.2, 0) is 7.05 Å². The molecule has 20 heavy (non-hydrogen) atoms. The highest BCUT2D eigenvalue weighted by molar-refractivity contribution is 9.10. The van der Waals surface area contributed by atoms with Crippen LogP contribution >= 0.6 is 15.9 Å². The number of aromatic nitrogens is 2. The summed E-state index contributed by atoms with van der Waals surface area (Å²) in [6.07, 6.45) is 1.76. The maximum absolute atomic E-state index is 5.44. The fraction of sp³-hybridized carbons (Fsp3) is 0.400. The molecule has 0 radical (unpaired) electrons. The van der Waals surface area contributed by atoms with Gasteiger partial charge in [0.05, 0.1) is 19.3 Å². The van der Waals surface area contributed by atoms with E-state index in [2.05, 4.69) is 58.4 Å². The molecule has 1 atom stereocenters. The van der Waals surface area contributed by atoms with Gasteiger partial charge >= 0.3 is 0 Å². The van der Waals surface area contributed by atoms with Gasteiger partial charge in [-0.3, -0.25) is 4.68 Å². The number of rotatable bonds is 5. The lowest BCUT2D eigenvalue weighted by Crippen LogP contribution is -2.24. The van der Waals surface area contributed by atoms with Gasteiger partial charge in [-0.1, -0.05) is 35.0 Å². The van der Waals surface area contributed by atoms with E-state index in [1.165, 1.54) is 11.1 Å². The third-order valence-corrected chi connectivity index (χ3v) is 4.26. The van der Waals surface area contributed by atoms with E-state index < -0.39 is 0 Å². The molecule has 5 heteroatoms. The molecule has 0 amide bonds. The second-order valence-electron chi connectivity index (χ2n) is 4.72. The molecule has 0 fully saturated rings. The van der Waals surface area contributed by atoms with Gasteiger partial charge in [0.1, 0.15) is 5.69 Å². The van der Waals surface area contributed by atoms with Gasteiger partial charge in [0.2, 0.25) is 0 Å². The van der Waals surface area contributed by atoms with Crippen LogP contribution in [0.2, 0.25) is 0 Å². The first kappa shape index (κ1) is 15.1. The van der Waals surface area contributed by atoms with Crippen molar-refractivity contribution in [1.29, 1.82) is 0 Å². The molecule has 108 valence electrons. The van der Waals surface area contributed by atoms with Crippen LogP contribution in [0.4, 0.5) is 0 Å². The van der Waals surface area contributed by atoms with Gasteiger partial charge in [-0.25, -0.2) is 0 Å². The Morgan fingerprint density at radius 2 is 2.20 bits per heavy atom. The van der Waals surface area contributed by atoms with Gasteiger partial charge in [-0.2, -0.15) is 5.10 Å². The van der Waals surface area contributed by atoms with Gasteiger partial charge in [-0.05, 0) is 30.7 Å². The Balaban J connectivity index is 2.49. The molecule has 2 aromatic rings. The molecule has 0 saturated heterocycles. The van der Waals surface area contributed by atoms with Crippen molar-refractivity contribution < 1.29 is 4.74 Å². The van der Waals surface area contributed by atoms with Crippen molar-refractivity contribution in [2.45, 2.75) is 19.9 Å². The molecule has 0 aliphatic carbocycles. The third kappa shape index (κ3) is 2.88. The molecule has 0 aliphatic heterocycles. The first-order valence-electron chi connectivity index (χ1n) is 6.63. The summed E-state index contributed by atoms with van der Waals surface area (Å²) in [4.78, 5) is 0. The summed E-state index contributed by atoms with van der Waals surface area (Å²) in [7, 11) is 3.62. The van der Waals surface area contributed by atoms with Gasteiger partial charge in [0.15, 0.2) is 5.75 Å². The van der Waals surface area contributed by atoms with Gasteiger partial charge < -0.3 is 10.1 Å². The number of methoxy groups -OCH3 is 1. The number of nitrogens with zero attached hydrogens (tertiary/aromatic N) is 2. The summed E-state index contributed by atoms with van der Waals surface area (Å²) in [5, 5.41) is 7.81. The molecular formula is C15H20BrN3O. The molecule has 1 aromatic carbocycles. The van der Waals surface area contributed by atoms with Crippen LogP contribution in [0.15, 0.2) is 28.9 Å². The number of benzene rings is 1. The first-order valence-corrected chi connectivity index (χ1v) is 7.43. The number of ether oxygens (including phenoxy) is 1. The number of aryl methyl sites for hydroxylation is 2. The predicted molar refractivity (Wildman–Crippen MR) is 84.2 cm³/mol. The predicted octanol–water partition coefficient (Wildman–Crippen LogP) is 3.20. The molecule has 0 aliphatic rings. The van der Waals surface area contributed by atoms with Gasteiger partial charge in [-0.15, -0.1) is 0 Å². The molecule has 0 bridgehead atoms. The Morgan fingerprint density at radius 1 is 1.45 bits per heavy atom. The minimum absolute atomic E-state index is 0.0641. The van der Waals surface area contributed by atoms with Gasteiger partial charge in [0, 0.05) is 11.5 Å². The molecule has 0 saturated carbocycles. The SMILES string of the molecule is CCNC(c1ccc(Br)c(C)c1)c1c(OC)cnn1C. The van der Waals surface area contributed by atoms with Crippen LogP contribution in [0, 0.1) is 6.92 Å². The standard InChI is InChI=1S/C15H20BrN3O/c1-5-17-14(11-6-7-12(16)10(2)8-11)15-13(20-4)9-18-19(15)3/h6-9,14,17H,5H2,1-4H3. The molecule has 1 N–H and O–H groups in total. The summed E-state index contributed by atoms with van der Waals surface area (Å²) in [6, 6.07) is 6.45. The number of halogens is 1. The Hall–Kier alpha value is -1.33. The van der Waals surface area contributed by atoms with Crippen LogP contribution in [-0.4, -0.2) is 23.4 Å². The number of nitrogens with one attached hydrogen (secondary N) is 1. The molecule has 4 nitrogen and oxygen atoms in total. The summed E-state index contributed by atoms with van der Waals surface area (Å²) in [5.41, 5.74) is 3.46. The van der Waals surface area contributed by atoms with Crippen molar-refractivity contribution in [3.8, 4) is 5.75 Å². The van der Waals surface area contributed by atoms with Crippen LogP contribution in [0.5, 0.6) is 5.75 Å². The third-order valence-electron chi connectivity index (χ3n) is 3.37. The topological polar surface area (TPSA) is 39.1 Å². The van der Waals surface area contributed by atoms with E-state index in [4.69, 9.17) is 4.74 Å². The maximum atomic E-state index is 5.44. The van der Waals surface area contributed by atoms with Crippen molar-refractivity contribution >= 4 is 15.9 Å². The molecule has 1 aromatic heterocycles. The maximum Gasteiger partial charge on any atom is 0.161 e. The lowest BCUT2D eigenvalue weighted by Gasteiger charge is -2.20. The van der Waals surface area contributed by atoms with Crippen LogP contribution in [0.3, 0.4) is 0 Å². The Morgan fingerprint density at radius 3 is 2.80 bits per heavy atom.